The Morgan fingerprint density at radius 3 is 2.38 bits per heavy atom. The molecule has 6 rings (SSSR count). The maximum atomic E-state index is 14.4. The minimum Gasteiger partial charge on any atom is -0.382 e. The zero-order chi connectivity index (χ0) is 29.7. The lowest BCUT2D eigenvalue weighted by molar-refractivity contribution is -0.275. The monoisotopic (exact) mass is 636 g/mol. The number of allylic oxidation sites excluding steroid dienone is 7. The molecule has 1 aromatic rings. The van der Waals surface area contributed by atoms with Gasteiger partial charge in [0.1, 0.15) is 5.60 Å². The van der Waals surface area contributed by atoms with Crippen molar-refractivity contribution in [3.63, 3.8) is 0 Å². The van der Waals surface area contributed by atoms with E-state index in [1.54, 1.807) is 0 Å². The molecule has 0 aromatic heterocycles. The molecule has 0 spiro atoms. The number of nitrogens with zero attached hydrogens (tertiary/aromatic N) is 2. The third kappa shape index (κ3) is 5.32. The molecular formula is C32H30Cl3F3N2O2. The molecule has 3 unspecified atom stereocenters. The summed E-state index contributed by atoms with van der Waals surface area (Å²) >= 11 is 18.1. The number of likely N-dealkylation sites (tertiary alicyclic amines) is 1. The van der Waals surface area contributed by atoms with Crippen molar-refractivity contribution >= 4 is 40.5 Å². The van der Waals surface area contributed by atoms with Crippen molar-refractivity contribution in [1.29, 1.82) is 0 Å². The standard InChI is InChI=1S/C32H30Cl3F3N2O2/c33-25-15-24(16-26(34)28(25)35)31(32(36,37)38)17-27(39-42-31)20-11-13-23(14-12-20)30(41)18-40(19-30)29(21-7-3-1-4-8-21)22-9-5-2-6-10-22/h1,3,5,7,9-11,13-16,20,29,41H,2,4,6,8,12,17-19H2. The molecule has 1 aromatic carbocycles. The predicted molar refractivity (Wildman–Crippen MR) is 161 cm³/mol. The number of alkyl halides is 3. The first-order valence-electron chi connectivity index (χ1n) is 14.0. The Kier molecular flexibility index (Phi) is 8.03. The van der Waals surface area contributed by atoms with Gasteiger partial charge in [-0.05, 0) is 61.0 Å². The van der Waals surface area contributed by atoms with E-state index >= 15 is 0 Å². The molecule has 222 valence electrons. The Balaban J connectivity index is 1.15. The molecule has 42 heavy (non-hydrogen) atoms. The van der Waals surface area contributed by atoms with Gasteiger partial charge in [-0.3, -0.25) is 4.90 Å². The fraction of sp³-hybridized carbons (Fsp3) is 0.406. The van der Waals surface area contributed by atoms with Crippen molar-refractivity contribution in [2.75, 3.05) is 13.1 Å². The van der Waals surface area contributed by atoms with Crippen LogP contribution < -0.4 is 0 Å². The molecule has 2 heterocycles. The molecule has 2 aliphatic heterocycles. The second kappa shape index (κ2) is 11.3. The van der Waals surface area contributed by atoms with E-state index in [4.69, 9.17) is 39.6 Å². The van der Waals surface area contributed by atoms with Crippen molar-refractivity contribution < 1.29 is 23.1 Å². The van der Waals surface area contributed by atoms with Gasteiger partial charge in [0.15, 0.2) is 0 Å². The summed E-state index contributed by atoms with van der Waals surface area (Å²) in [6.07, 6.45) is 17.9. The normalized spacial score (nSPS) is 27.9. The van der Waals surface area contributed by atoms with E-state index in [1.165, 1.54) is 11.1 Å². The number of β-amino-alcohol motifs (C(OH)–C–C–N with tert-alkyl or cyclic N) is 1. The fourth-order valence-corrected chi connectivity index (χ4v) is 7.06. The highest BCUT2D eigenvalue weighted by Gasteiger charge is 2.63. The summed E-state index contributed by atoms with van der Waals surface area (Å²) in [6, 6.07) is 2.38. The van der Waals surface area contributed by atoms with Crippen molar-refractivity contribution in [2.24, 2.45) is 11.1 Å². The summed E-state index contributed by atoms with van der Waals surface area (Å²) in [7, 11) is 0. The molecule has 0 bridgehead atoms. The van der Waals surface area contributed by atoms with E-state index in [2.05, 4.69) is 46.5 Å². The van der Waals surface area contributed by atoms with E-state index < -0.39 is 29.7 Å². The Bertz CT molecular complexity index is 1460. The third-order valence-corrected chi connectivity index (χ3v) is 9.95. The van der Waals surface area contributed by atoms with Gasteiger partial charge in [-0.25, -0.2) is 0 Å². The number of rotatable bonds is 6. The second-order valence-electron chi connectivity index (χ2n) is 11.5. The highest BCUT2D eigenvalue weighted by Crippen LogP contribution is 2.51. The van der Waals surface area contributed by atoms with Crippen LogP contribution in [-0.2, 0) is 10.4 Å². The number of benzene rings is 1. The quantitative estimate of drug-likeness (QED) is 0.318. The molecule has 5 aliphatic rings. The summed E-state index contributed by atoms with van der Waals surface area (Å²) in [5.74, 6) is -0.402. The number of hydrogen-bond donors (Lipinski definition) is 1. The number of aliphatic hydroxyl groups is 1. The SMILES string of the molecule is OC1(C2=CCC(C3=NOC(c4cc(Cl)c(Cl)c(Cl)c4)(C(F)(F)F)C3)C=C2)CN(C(C2=CCCC=C2)C2=CC=CCC2)C1. The largest absolute Gasteiger partial charge is 0.435 e. The van der Waals surface area contributed by atoms with Gasteiger partial charge in [-0.15, -0.1) is 0 Å². The van der Waals surface area contributed by atoms with E-state index in [9.17, 15) is 18.3 Å². The Morgan fingerprint density at radius 1 is 1.02 bits per heavy atom. The highest BCUT2D eigenvalue weighted by molar-refractivity contribution is 6.48. The Labute approximate surface area is 258 Å². The zero-order valence-electron chi connectivity index (χ0n) is 22.7. The topological polar surface area (TPSA) is 45.1 Å². The summed E-state index contributed by atoms with van der Waals surface area (Å²) in [5, 5.41) is 15.2. The van der Waals surface area contributed by atoms with E-state index in [0.29, 0.717) is 19.5 Å². The van der Waals surface area contributed by atoms with Gasteiger partial charge >= 0.3 is 6.18 Å². The second-order valence-corrected chi connectivity index (χ2v) is 12.7. The van der Waals surface area contributed by atoms with Crippen LogP contribution >= 0.6 is 34.8 Å². The molecular weight excluding hydrogens is 608 g/mol. The molecule has 3 atom stereocenters. The maximum absolute atomic E-state index is 14.4. The van der Waals surface area contributed by atoms with Gasteiger partial charge < -0.3 is 9.94 Å². The lowest BCUT2D eigenvalue weighted by atomic mass is 9.76. The van der Waals surface area contributed by atoms with Crippen LogP contribution in [0.5, 0.6) is 0 Å². The predicted octanol–water partition coefficient (Wildman–Crippen LogP) is 8.65. The minimum atomic E-state index is -4.79. The van der Waals surface area contributed by atoms with E-state index in [0.717, 1.165) is 43.4 Å². The average Bonchev–Trinajstić information content (AvgIpc) is 3.43. The first-order valence-corrected chi connectivity index (χ1v) is 15.2. The van der Waals surface area contributed by atoms with Crippen LogP contribution in [0.15, 0.2) is 88.7 Å². The Morgan fingerprint density at radius 2 is 1.79 bits per heavy atom. The van der Waals surface area contributed by atoms with E-state index in [-0.39, 0.29) is 32.4 Å². The molecule has 3 aliphatic carbocycles. The van der Waals surface area contributed by atoms with Gasteiger partial charge in [0.2, 0.25) is 0 Å². The summed E-state index contributed by atoms with van der Waals surface area (Å²) < 4.78 is 43.3. The molecule has 0 saturated carbocycles. The average molecular weight is 638 g/mol. The highest BCUT2D eigenvalue weighted by atomic mass is 35.5. The third-order valence-electron chi connectivity index (χ3n) is 8.75. The number of halogens is 6. The summed E-state index contributed by atoms with van der Waals surface area (Å²) in [5.41, 5.74) is -0.340. The van der Waals surface area contributed by atoms with E-state index in [1.807, 2.05) is 18.2 Å². The van der Waals surface area contributed by atoms with Crippen LogP contribution in [0, 0.1) is 5.92 Å². The van der Waals surface area contributed by atoms with Crippen molar-refractivity contribution in [3.05, 3.63) is 104 Å². The summed E-state index contributed by atoms with van der Waals surface area (Å²) in [4.78, 5) is 7.47. The van der Waals surface area contributed by atoms with Crippen LogP contribution in [0.2, 0.25) is 15.1 Å². The molecule has 10 heteroatoms. The van der Waals surface area contributed by atoms with Gasteiger partial charge in [-0.1, -0.05) is 94.6 Å². The van der Waals surface area contributed by atoms with Crippen LogP contribution in [0.1, 0.15) is 44.1 Å². The lowest BCUT2D eigenvalue weighted by Gasteiger charge is -2.52. The van der Waals surface area contributed by atoms with Crippen LogP contribution in [0.3, 0.4) is 0 Å². The smallest absolute Gasteiger partial charge is 0.382 e. The van der Waals surface area contributed by atoms with Gasteiger partial charge in [-0.2, -0.15) is 13.2 Å². The number of oxime groups is 1. The molecule has 0 radical (unpaired) electrons. The Hall–Kier alpha value is -2.29. The van der Waals surface area contributed by atoms with Gasteiger partial charge in [0.25, 0.3) is 5.60 Å². The molecule has 0 amide bonds. The minimum absolute atomic E-state index is 0.0236. The molecule has 1 N–H and O–H groups in total. The van der Waals surface area contributed by atoms with Crippen molar-refractivity contribution in [1.82, 2.24) is 4.90 Å². The van der Waals surface area contributed by atoms with Gasteiger partial charge in [0, 0.05) is 31.0 Å². The summed E-state index contributed by atoms with van der Waals surface area (Å²) in [6.45, 7) is 0.953. The fourth-order valence-electron chi connectivity index (χ4n) is 6.46. The number of hydrogen-bond acceptors (Lipinski definition) is 4. The van der Waals surface area contributed by atoms with Crippen LogP contribution in [0.25, 0.3) is 0 Å². The first-order chi connectivity index (χ1) is 20.0. The molecule has 4 nitrogen and oxygen atoms in total. The zero-order valence-corrected chi connectivity index (χ0v) is 24.9. The first kappa shape index (κ1) is 29.8. The van der Waals surface area contributed by atoms with Gasteiger partial charge in [0.05, 0.1) is 26.8 Å². The van der Waals surface area contributed by atoms with Crippen molar-refractivity contribution in [3.8, 4) is 0 Å². The van der Waals surface area contributed by atoms with Crippen molar-refractivity contribution in [2.45, 2.75) is 61.9 Å². The molecule has 1 saturated heterocycles. The molecule has 1 fully saturated rings. The van der Waals surface area contributed by atoms with Crippen LogP contribution in [-0.4, -0.2) is 46.6 Å². The maximum Gasteiger partial charge on any atom is 0.435 e. The lowest BCUT2D eigenvalue weighted by Crippen LogP contribution is -2.66. The van der Waals surface area contributed by atoms with Crippen LogP contribution in [0.4, 0.5) is 13.2 Å².